The lowest BCUT2D eigenvalue weighted by Gasteiger charge is -2.08. The van der Waals surface area contributed by atoms with Crippen molar-refractivity contribution in [3.8, 4) is 22.3 Å². The molecule has 0 aliphatic carbocycles. The zero-order valence-corrected chi connectivity index (χ0v) is 11.8. The van der Waals surface area contributed by atoms with Crippen LogP contribution in [-0.2, 0) is 4.57 Å². The van der Waals surface area contributed by atoms with Gasteiger partial charge in [0.05, 0.1) is 0 Å². The van der Waals surface area contributed by atoms with E-state index in [1.165, 1.54) is 11.1 Å². The minimum atomic E-state index is -1.96. The first kappa shape index (κ1) is 11.7. The molecule has 96 valence electrons. The van der Waals surface area contributed by atoms with Gasteiger partial charge in [-0.2, -0.15) is 0 Å². The molecule has 0 fully saturated rings. The van der Waals surface area contributed by atoms with Crippen molar-refractivity contribution < 1.29 is 4.57 Å². The SMILES string of the molecule is O=[PH]1c2ccccc2-c2ccccc2-c2ccccc21. The van der Waals surface area contributed by atoms with Gasteiger partial charge in [0.25, 0.3) is 0 Å². The fourth-order valence-corrected chi connectivity index (χ4v) is 4.64. The summed E-state index contributed by atoms with van der Waals surface area (Å²) in [7, 11) is -1.96. The minimum absolute atomic E-state index is 0.968. The predicted octanol–water partition coefficient (Wildman–Crippen LogP) is 3.84. The van der Waals surface area contributed by atoms with Crippen LogP contribution in [0, 0.1) is 0 Å². The van der Waals surface area contributed by atoms with E-state index in [9.17, 15) is 4.57 Å². The lowest BCUT2D eigenvalue weighted by molar-refractivity contribution is 0.598. The van der Waals surface area contributed by atoms with Crippen LogP contribution in [-0.4, -0.2) is 0 Å². The molecule has 0 radical (unpaired) electrons. The van der Waals surface area contributed by atoms with Crippen LogP contribution in [0.5, 0.6) is 0 Å². The van der Waals surface area contributed by atoms with Crippen molar-refractivity contribution in [3.63, 3.8) is 0 Å². The fraction of sp³-hybridized carbons (Fsp3) is 0. The summed E-state index contributed by atoms with van der Waals surface area (Å²) in [6.07, 6.45) is 0. The van der Waals surface area contributed by atoms with Crippen LogP contribution < -0.4 is 10.6 Å². The van der Waals surface area contributed by atoms with Gasteiger partial charge < -0.3 is 4.57 Å². The van der Waals surface area contributed by atoms with Gasteiger partial charge >= 0.3 is 0 Å². The molecule has 1 aliphatic rings. The Hall–Kier alpha value is -2.11. The average molecular weight is 276 g/mol. The summed E-state index contributed by atoms with van der Waals surface area (Å²) in [6, 6.07) is 24.4. The largest absolute Gasteiger partial charge is 0.317 e. The molecule has 0 N–H and O–H groups in total. The summed E-state index contributed by atoms with van der Waals surface area (Å²) in [5.74, 6) is 0. The molecule has 1 heterocycles. The molecule has 1 nitrogen and oxygen atoms in total. The van der Waals surface area contributed by atoms with Gasteiger partial charge in [-0.1, -0.05) is 72.8 Å². The Bertz CT molecular complexity index is 768. The van der Waals surface area contributed by atoms with Gasteiger partial charge in [-0.25, -0.2) is 0 Å². The first-order valence-corrected chi connectivity index (χ1v) is 8.09. The van der Waals surface area contributed by atoms with Crippen molar-refractivity contribution in [1.82, 2.24) is 0 Å². The maximum atomic E-state index is 13.0. The third-order valence-corrected chi connectivity index (χ3v) is 5.70. The summed E-state index contributed by atoms with van der Waals surface area (Å²) in [5.41, 5.74) is 4.55. The van der Waals surface area contributed by atoms with E-state index in [1.807, 2.05) is 48.5 Å². The topological polar surface area (TPSA) is 17.1 Å². The van der Waals surface area contributed by atoms with E-state index in [4.69, 9.17) is 0 Å². The summed E-state index contributed by atoms with van der Waals surface area (Å²) in [4.78, 5) is 0. The minimum Gasteiger partial charge on any atom is -0.317 e. The molecule has 0 atom stereocenters. The second-order valence-corrected chi connectivity index (χ2v) is 6.70. The highest BCUT2D eigenvalue weighted by molar-refractivity contribution is 7.62. The summed E-state index contributed by atoms with van der Waals surface area (Å²) >= 11 is 0. The highest BCUT2D eigenvalue weighted by Gasteiger charge is 2.22. The Morgan fingerprint density at radius 2 is 0.850 bits per heavy atom. The fourth-order valence-electron chi connectivity index (χ4n) is 2.93. The van der Waals surface area contributed by atoms with Crippen LogP contribution in [0.3, 0.4) is 0 Å². The normalized spacial score (nSPS) is 13.0. The van der Waals surface area contributed by atoms with E-state index in [1.54, 1.807) is 0 Å². The lowest BCUT2D eigenvalue weighted by Crippen LogP contribution is -2.07. The van der Waals surface area contributed by atoms with Crippen LogP contribution in [0.25, 0.3) is 22.3 Å². The summed E-state index contributed by atoms with van der Waals surface area (Å²) < 4.78 is 13.0. The molecule has 0 unspecified atom stereocenters. The Labute approximate surface area is 118 Å². The molecular formula is C18H13OP. The maximum absolute atomic E-state index is 13.0. The van der Waals surface area contributed by atoms with Gasteiger partial charge in [0.1, 0.15) is 7.80 Å². The van der Waals surface area contributed by atoms with E-state index in [2.05, 4.69) is 24.3 Å². The van der Waals surface area contributed by atoms with Crippen molar-refractivity contribution in [2.45, 2.75) is 0 Å². The number of hydrogen-bond acceptors (Lipinski definition) is 1. The van der Waals surface area contributed by atoms with Gasteiger partial charge in [0, 0.05) is 10.6 Å². The van der Waals surface area contributed by atoms with Crippen molar-refractivity contribution >= 4 is 18.4 Å². The number of rotatable bonds is 0. The highest BCUT2D eigenvalue weighted by atomic mass is 31.1. The molecule has 0 aromatic heterocycles. The number of hydrogen-bond donors (Lipinski definition) is 0. The maximum Gasteiger partial charge on any atom is 0.133 e. The Morgan fingerprint density at radius 3 is 1.30 bits per heavy atom. The van der Waals surface area contributed by atoms with E-state index >= 15 is 0 Å². The quantitative estimate of drug-likeness (QED) is 0.446. The van der Waals surface area contributed by atoms with Crippen LogP contribution in [0.1, 0.15) is 0 Å². The molecular weight excluding hydrogens is 263 g/mol. The van der Waals surface area contributed by atoms with E-state index in [0.29, 0.717) is 0 Å². The van der Waals surface area contributed by atoms with Crippen molar-refractivity contribution in [1.29, 1.82) is 0 Å². The van der Waals surface area contributed by atoms with Gasteiger partial charge in [-0.05, 0) is 22.3 Å². The van der Waals surface area contributed by atoms with Gasteiger partial charge in [0.15, 0.2) is 0 Å². The molecule has 3 aromatic carbocycles. The van der Waals surface area contributed by atoms with E-state index < -0.39 is 7.80 Å². The molecule has 0 spiro atoms. The summed E-state index contributed by atoms with van der Waals surface area (Å²) in [6.45, 7) is 0. The second kappa shape index (κ2) is 4.47. The van der Waals surface area contributed by atoms with Crippen LogP contribution in [0.15, 0.2) is 72.8 Å². The van der Waals surface area contributed by atoms with Gasteiger partial charge in [0.2, 0.25) is 0 Å². The zero-order chi connectivity index (χ0) is 13.5. The van der Waals surface area contributed by atoms with Crippen LogP contribution >= 0.6 is 7.80 Å². The molecule has 0 amide bonds. The molecule has 0 saturated carbocycles. The third kappa shape index (κ3) is 1.60. The second-order valence-electron chi connectivity index (χ2n) is 4.97. The van der Waals surface area contributed by atoms with E-state index in [0.717, 1.165) is 21.7 Å². The first-order valence-electron chi connectivity index (χ1n) is 6.69. The smallest absolute Gasteiger partial charge is 0.133 e. The van der Waals surface area contributed by atoms with Crippen LogP contribution in [0.2, 0.25) is 0 Å². The highest BCUT2D eigenvalue weighted by Crippen LogP contribution is 2.40. The monoisotopic (exact) mass is 276 g/mol. The van der Waals surface area contributed by atoms with Crippen molar-refractivity contribution in [3.05, 3.63) is 72.8 Å². The average Bonchev–Trinajstić information content (AvgIpc) is 2.64. The molecule has 1 aliphatic heterocycles. The van der Waals surface area contributed by atoms with Gasteiger partial charge in [-0.15, -0.1) is 0 Å². The molecule has 3 aromatic rings. The molecule has 4 rings (SSSR count). The lowest BCUT2D eigenvalue weighted by atomic mass is 9.95. The van der Waals surface area contributed by atoms with Crippen molar-refractivity contribution in [2.24, 2.45) is 0 Å². The Balaban J connectivity index is 2.20. The molecule has 2 heteroatoms. The molecule has 0 saturated heterocycles. The first-order chi connectivity index (χ1) is 9.86. The Kier molecular flexibility index (Phi) is 2.61. The van der Waals surface area contributed by atoms with Crippen molar-refractivity contribution in [2.75, 3.05) is 0 Å². The van der Waals surface area contributed by atoms with Crippen LogP contribution in [0.4, 0.5) is 0 Å². The molecule has 20 heavy (non-hydrogen) atoms. The number of fused-ring (bicyclic) bond motifs is 5. The van der Waals surface area contributed by atoms with E-state index in [-0.39, 0.29) is 0 Å². The third-order valence-electron chi connectivity index (χ3n) is 3.85. The summed E-state index contributed by atoms with van der Waals surface area (Å²) in [5, 5.41) is 1.94. The van der Waals surface area contributed by atoms with Gasteiger partial charge in [-0.3, -0.25) is 0 Å². The standard InChI is InChI=1S/C18H13OP/c19-20-17-11-5-3-9-15(17)13-7-1-2-8-14(13)16-10-4-6-12-18(16)20/h1-12,20H. The predicted molar refractivity (Wildman–Crippen MR) is 85.6 cm³/mol. The molecule has 0 bridgehead atoms. The number of benzene rings is 3. The Morgan fingerprint density at radius 1 is 0.500 bits per heavy atom. The zero-order valence-electron chi connectivity index (χ0n) is 10.8.